The smallest absolute Gasteiger partial charge is 0.107 e. The van der Waals surface area contributed by atoms with Gasteiger partial charge in [-0.25, -0.2) is 4.98 Å². The van der Waals surface area contributed by atoms with Gasteiger partial charge < -0.3 is 9.88 Å². The van der Waals surface area contributed by atoms with E-state index >= 15 is 0 Å². The number of hydrogen-bond acceptors (Lipinski definition) is 3. The molecule has 1 aliphatic rings. The van der Waals surface area contributed by atoms with Crippen molar-refractivity contribution in [3.63, 3.8) is 0 Å². The van der Waals surface area contributed by atoms with E-state index in [4.69, 9.17) is 0 Å². The van der Waals surface area contributed by atoms with Crippen LogP contribution >= 0.6 is 0 Å². The van der Waals surface area contributed by atoms with E-state index in [1.165, 1.54) is 5.69 Å². The zero-order valence-electron chi connectivity index (χ0n) is 13.6. The SMILES string of the molecule is CCCc1nc2ccc(N3C[C@@H](C)N(C)[C@@H](C)C3)cc2[nH]1. The maximum atomic E-state index is 4.65. The predicted octanol–water partition coefficient (Wildman–Crippen LogP) is 3.04. The molecule has 21 heavy (non-hydrogen) atoms. The summed E-state index contributed by atoms with van der Waals surface area (Å²) in [6, 6.07) is 7.79. The number of aromatic amines is 1. The molecule has 0 bridgehead atoms. The molecular weight excluding hydrogens is 260 g/mol. The van der Waals surface area contributed by atoms with Crippen LogP contribution in [-0.2, 0) is 6.42 Å². The average molecular weight is 286 g/mol. The number of rotatable bonds is 3. The van der Waals surface area contributed by atoms with Gasteiger partial charge >= 0.3 is 0 Å². The third-order valence-electron chi connectivity index (χ3n) is 4.73. The first kappa shape index (κ1) is 14.4. The summed E-state index contributed by atoms with van der Waals surface area (Å²) in [4.78, 5) is 13.1. The molecule has 0 radical (unpaired) electrons. The van der Waals surface area contributed by atoms with Crippen LogP contribution in [0.5, 0.6) is 0 Å². The second-order valence-corrected chi connectivity index (χ2v) is 6.40. The second kappa shape index (κ2) is 5.68. The first-order chi connectivity index (χ1) is 10.1. The maximum Gasteiger partial charge on any atom is 0.107 e. The molecule has 0 aliphatic carbocycles. The lowest BCUT2D eigenvalue weighted by molar-refractivity contribution is 0.170. The van der Waals surface area contributed by atoms with Crippen molar-refractivity contribution in [2.24, 2.45) is 0 Å². The molecule has 0 amide bonds. The molecule has 1 N–H and O–H groups in total. The Morgan fingerprint density at radius 2 is 1.95 bits per heavy atom. The highest BCUT2D eigenvalue weighted by Crippen LogP contribution is 2.25. The molecule has 3 rings (SSSR count). The quantitative estimate of drug-likeness (QED) is 0.942. The number of anilines is 1. The predicted molar refractivity (Wildman–Crippen MR) is 89.0 cm³/mol. The van der Waals surface area contributed by atoms with Gasteiger partial charge in [-0.05, 0) is 45.5 Å². The van der Waals surface area contributed by atoms with E-state index in [9.17, 15) is 0 Å². The summed E-state index contributed by atoms with van der Waals surface area (Å²) in [6.07, 6.45) is 2.15. The van der Waals surface area contributed by atoms with Crippen LogP contribution < -0.4 is 4.90 Å². The molecule has 1 aromatic carbocycles. The number of imidazole rings is 1. The van der Waals surface area contributed by atoms with E-state index < -0.39 is 0 Å². The molecule has 2 aromatic rings. The number of H-pyrrole nitrogens is 1. The zero-order chi connectivity index (χ0) is 15.0. The van der Waals surface area contributed by atoms with Crippen LogP contribution in [-0.4, -0.2) is 47.1 Å². The second-order valence-electron chi connectivity index (χ2n) is 6.40. The summed E-state index contributed by atoms with van der Waals surface area (Å²) in [6.45, 7) is 8.96. The summed E-state index contributed by atoms with van der Waals surface area (Å²) in [7, 11) is 2.22. The van der Waals surface area contributed by atoms with Gasteiger partial charge in [0.25, 0.3) is 0 Å². The van der Waals surface area contributed by atoms with Crippen molar-refractivity contribution < 1.29 is 0 Å². The van der Waals surface area contributed by atoms with Crippen molar-refractivity contribution in [3.05, 3.63) is 24.0 Å². The molecule has 4 nitrogen and oxygen atoms in total. The number of likely N-dealkylation sites (N-methyl/N-ethyl adjacent to an activating group) is 1. The van der Waals surface area contributed by atoms with Gasteiger partial charge in [0, 0.05) is 37.3 Å². The van der Waals surface area contributed by atoms with Crippen LogP contribution in [0.4, 0.5) is 5.69 Å². The minimum atomic E-state index is 0.585. The number of fused-ring (bicyclic) bond motifs is 1. The first-order valence-corrected chi connectivity index (χ1v) is 8.04. The highest BCUT2D eigenvalue weighted by Gasteiger charge is 2.26. The number of nitrogens with zero attached hydrogens (tertiary/aromatic N) is 3. The lowest BCUT2D eigenvalue weighted by atomic mass is 10.1. The van der Waals surface area contributed by atoms with Crippen LogP contribution in [0.3, 0.4) is 0 Å². The minimum absolute atomic E-state index is 0.585. The molecule has 1 fully saturated rings. The van der Waals surface area contributed by atoms with Crippen molar-refractivity contribution >= 4 is 16.7 Å². The molecule has 0 saturated carbocycles. The fraction of sp³-hybridized carbons (Fsp3) is 0.588. The lowest BCUT2D eigenvalue weighted by Gasteiger charge is -2.43. The van der Waals surface area contributed by atoms with E-state index in [-0.39, 0.29) is 0 Å². The van der Waals surface area contributed by atoms with E-state index in [1.54, 1.807) is 0 Å². The Kier molecular flexibility index (Phi) is 3.89. The average Bonchev–Trinajstić information content (AvgIpc) is 2.86. The van der Waals surface area contributed by atoms with Crippen molar-refractivity contribution in [2.75, 3.05) is 25.0 Å². The van der Waals surface area contributed by atoms with Gasteiger partial charge in [0.1, 0.15) is 5.82 Å². The number of aryl methyl sites for hydroxylation is 1. The summed E-state index contributed by atoms with van der Waals surface area (Å²) < 4.78 is 0. The van der Waals surface area contributed by atoms with Gasteiger partial charge in [-0.3, -0.25) is 4.90 Å². The fourth-order valence-electron chi connectivity index (χ4n) is 3.22. The van der Waals surface area contributed by atoms with E-state index in [1.807, 2.05) is 0 Å². The van der Waals surface area contributed by atoms with Crippen LogP contribution in [0.15, 0.2) is 18.2 Å². The Bertz CT molecular complexity index is 606. The molecule has 4 heteroatoms. The molecule has 2 atom stereocenters. The molecule has 1 aromatic heterocycles. The van der Waals surface area contributed by atoms with Crippen molar-refractivity contribution in [1.29, 1.82) is 0 Å². The fourth-order valence-corrected chi connectivity index (χ4v) is 3.22. The number of piperazine rings is 1. The largest absolute Gasteiger partial charge is 0.368 e. The number of nitrogens with one attached hydrogen (secondary N) is 1. The van der Waals surface area contributed by atoms with Crippen LogP contribution in [0.2, 0.25) is 0 Å². The monoisotopic (exact) mass is 286 g/mol. The molecule has 1 saturated heterocycles. The number of hydrogen-bond donors (Lipinski definition) is 1. The Labute approximate surface area is 127 Å². The van der Waals surface area contributed by atoms with Crippen LogP contribution in [0.25, 0.3) is 11.0 Å². The zero-order valence-corrected chi connectivity index (χ0v) is 13.6. The van der Waals surface area contributed by atoms with E-state index in [0.717, 1.165) is 42.8 Å². The topological polar surface area (TPSA) is 35.2 Å². The molecule has 0 spiro atoms. The molecular formula is C17H26N4. The Hall–Kier alpha value is -1.55. The van der Waals surface area contributed by atoms with Crippen LogP contribution in [0.1, 0.15) is 33.0 Å². The van der Waals surface area contributed by atoms with Gasteiger partial charge in [-0.15, -0.1) is 0 Å². The Balaban J connectivity index is 1.86. The van der Waals surface area contributed by atoms with Gasteiger partial charge in [0.2, 0.25) is 0 Å². The molecule has 2 heterocycles. The normalized spacial score (nSPS) is 23.9. The lowest BCUT2D eigenvalue weighted by Crippen LogP contribution is -2.55. The third-order valence-corrected chi connectivity index (χ3v) is 4.73. The van der Waals surface area contributed by atoms with Gasteiger partial charge in [0.05, 0.1) is 11.0 Å². The van der Waals surface area contributed by atoms with Gasteiger partial charge in [0.15, 0.2) is 0 Å². The van der Waals surface area contributed by atoms with Crippen molar-refractivity contribution in [3.8, 4) is 0 Å². The standard InChI is InChI=1S/C17H26N4/c1-5-6-17-18-15-8-7-14(9-16(15)19-17)21-10-12(2)20(4)13(3)11-21/h7-9,12-13H,5-6,10-11H2,1-4H3,(H,18,19)/t12-,13+. The summed E-state index contributed by atoms with van der Waals surface area (Å²) in [5, 5.41) is 0. The summed E-state index contributed by atoms with van der Waals surface area (Å²) in [5.41, 5.74) is 3.55. The minimum Gasteiger partial charge on any atom is -0.368 e. The summed E-state index contributed by atoms with van der Waals surface area (Å²) >= 11 is 0. The molecule has 0 unspecified atom stereocenters. The maximum absolute atomic E-state index is 4.65. The summed E-state index contributed by atoms with van der Waals surface area (Å²) in [5.74, 6) is 1.10. The van der Waals surface area contributed by atoms with E-state index in [2.05, 4.69) is 65.8 Å². The van der Waals surface area contributed by atoms with Crippen molar-refractivity contribution in [1.82, 2.24) is 14.9 Å². The third kappa shape index (κ3) is 2.77. The highest BCUT2D eigenvalue weighted by molar-refractivity contribution is 5.79. The number of aromatic nitrogens is 2. The Morgan fingerprint density at radius 1 is 1.24 bits per heavy atom. The molecule has 114 valence electrons. The first-order valence-electron chi connectivity index (χ1n) is 8.04. The van der Waals surface area contributed by atoms with Gasteiger partial charge in [-0.1, -0.05) is 6.92 Å². The van der Waals surface area contributed by atoms with Crippen LogP contribution in [0, 0.1) is 0 Å². The molecule has 1 aliphatic heterocycles. The Morgan fingerprint density at radius 3 is 2.62 bits per heavy atom. The van der Waals surface area contributed by atoms with Gasteiger partial charge in [-0.2, -0.15) is 0 Å². The highest BCUT2D eigenvalue weighted by atomic mass is 15.3. The van der Waals surface area contributed by atoms with E-state index in [0.29, 0.717) is 12.1 Å². The number of benzene rings is 1. The van der Waals surface area contributed by atoms with Crippen molar-refractivity contribution in [2.45, 2.75) is 45.7 Å².